The molecule has 0 bridgehead atoms. The molecule has 1 aromatic heterocycles. The topological polar surface area (TPSA) is 54.0 Å². The molecule has 0 saturated heterocycles. The van der Waals surface area contributed by atoms with Crippen LogP contribution < -0.4 is 10.6 Å². The lowest BCUT2D eigenvalue weighted by atomic mass is 10.0. The summed E-state index contributed by atoms with van der Waals surface area (Å²) in [5.41, 5.74) is 1.03. The summed E-state index contributed by atoms with van der Waals surface area (Å²) in [5.74, 6) is -0.488. The molecule has 156 valence electrons. The Morgan fingerprint density at radius 1 is 1.03 bits per heavy atom. The van der Waals surface area contributed by atoms with Gasteiger partial charge >= 0.3 is 0 Å². The van der Waals surface area contributed by atoms with Crippen molar-refractivity contribution in [3.05, 3.63) is 88.0 Å². The summed E-state index contributed by atoms with van der Waals surface area (Å²) in [5, 5.41) is 5.57. The minimum atomic E-state index is -3.26. The normalized spacial score (nSPS) is 11.9. The van der Waals surface area contributed by atoms with Crippen molar-refractivity contribution in [2.75, 3.05) is 11.9 Å². The van der Waals surface area contributed by atoms with E-state index in [0.29, 0.717) is 12.1 Å². The molecule has 1 amide bonds. The van der Waals surface area contributed by atoms with E-state index in [4.69, 9.17) is 0 Å². The van der Waals surface area contributed by atoms with Gasteiger partial charge in [0.15, 0.2) is 6.17 Å². The van der Waals surface area contributed by atoms with Crippen LogP contribution in [0.3, 0.4) is 0 Å². The SMILES string of the molecule is O=C(NCCc1ccccc1)c1cnc(Nc2cccc(Br)c2)cc1C(F)C(F)F. The van der Waals surface area contributed by atoms with Crippen molar-refractivity contribution < 1.29 is 18.0 Å². The molecular formula is C22H19BrF3N3O. The van der Waals surface area contributed by atoms with Gasteiger partial charge in [0.2, 0.25) is 0 Å². The van der Waals surface area contributed by atoms with Crippen LogP contribution in [0.5, 0.6) is 0 Å². The molecule has 0 aliphatic carbocycles. The highest BCUT2D eigenvalue weighted by atomic mass is 79.9. The molecule has 1 heterocycles. The fourth-order valence-electron chi connectivity index (χ4n) is 2.87. The molecule has 0 saturated carbocycles. The van der Waals surface area contributed by atoms with Crippen LogP contribution in [0.15, 0.2) is 71.3 Å². The minimum Gasteiger partial charge on any atom is -0.352 e. The number of aromatic nitrogens is 1. The van der Waals surface area contributed by atoms with Gasteiger partial charge < -0.3 is 10.6 Å². The van der Waals surface area contributed by atoms with Gasteiger partial charge in [0, 0.05) is 28.5 Å². The highest BCUT2D eigenvalue weighted by molar-refractivity contribution is 9.10. The third-order valence-electron chi connectivity index (χ3n) is 4.34. The van der Waals surface area contributed by atoms with Crippen LogP contribution in [0.2, 0.25) is 0 Å². The predicted octanol–water partition coefficient (Wildman–Crippen LogP) is 5.84. The summed E-state index contributed by atoms with van der Waals surface area (Å²) in [6.07, 6.45) is -4.19. The number of alkyl halides is 3. The number of hydrogen-bond acceptors (Lipinski definition) is 3. The maximum atomic E-state index is 14.3. The molecule has 3 rings (SSSR count). The first kappa shape index (κ1) is 21.8. The fourth-order valence-corrected chi connectivity index (χ4v) is 3.27. The summed E-state index contributed by atoms with van der Waals surface area (Å²) >= 11 is 3.33. The number of nitrogens with zero attached hydrogens (tertiary/aromatic N) is 1. The Bertz CT molecular complexity index is 1000. The Kier molecular flexibility index (Phi) is 7.46. The number of hydrogen-bond donors (Lipinski definition) is 2. The number of halogens is 4. The van der Waals surface area contributed by atoms with E-state index in [1.807, 2.05) is 36.4 Å². The van der Waals surface area contributed by atoms with Crippen LogP contribution in [0.25, 0.3) is 0 Å². The Labute approximate surface area is 180 Å². The number of amides is 1. The van der Waals surface area contributed by atoms with Crippen LogP contribution in [0.1, 0.15) is 27.7 Å². The average molecular weight is 478 g/mol. The average Bonchev–Trinajstić information content (AvgIpc) is 2.73. The van der Waals surface area contributed by atoms with Gasteiger partial charge in [-0.15, -0.1) is 0 Å². The van der Waals surface area contributed by atoms with Crippen molar-refractivity contribution in [2.45, 2.75) is 19.0 Å². The number of rotatable bonds is 8. The summed E-state index contributed by atoms with van der Waals surface area (Å²) in [4.78, 5) is 16.6. The zero-order valence-corrected chi connectivity index (χ0v) is 17.4. The van der Waals surface area contributed by atoms with Gasteiger partial charge in [-0.2, -0.15) is 0 Å². The van der Waals surface area contributed by atoms with Gasteiger partial charge in [0.05, 0.1) is 5.56 Å². The smallest absolute Gasteiger partial charge is 0.273 e. The third kappa shape index (κ3) is 5.82. The first-order valence-electron chi connectivity index (χ1n) is 9.21. The fraction of sp³-hybridized carbons (Fsp3) is 0.182. The summed E-state index contributed by atoms with van der Waals surface area (Å²) in [7, 11) is 0. The molecule has 0 aliphatic rings. The van der Waals surface area contributed by atoms with Gasteiger partial charge in [-0.05, 0) is 36.2 Å². The second-order valence-electron chi connectivity index (χ2n) is 6.52. The van der Waals surface area contributed by atoms with Gasteiger partial charge in [-0.3, -0.25) is 4.79 Å². The lowest BCUT2D eigenvalue weighted by Gasteiger charge is -2.15. The van der Waals surface area contributed by atoms with Gasteiger partial charge in [0.1, 0.15) is 5.82 Å². The Balaban J connectivity index is 1.77. The molecule has 4 nitrogen and oxygen atoms in total. The van der Waals surface area contributed by atoms with Gasteiger partial charge in [-0.25, -0.2) is 18.2 Å². The molecule has 2 aromatic carbocycles. The van der Waals surface area contributed by atoms with Crippen molar-refractivity contribution in [3.8, 4) is 0 Å². The lowest BCUT2D eigenvalue weighted by molar-refractivity contribution is 0.0489. The van der Waals surface area contributed by atoms with Crippen molar-refractivity contribution in [1.82, 2.24) is 10.3 Å². The third-order valence-corrected chi connectivity index (χ3v) is 4.83. The van der Waals surface area contributed by atoms with E-state index >= 15 is 0 Å². The molecule has 0 spiro atoms. The van der Waals surface area contributed by atoms with Crippen molar-refractivity contribution >= 4 is 33.3 Å². The highest BCUT2D eigenvalue weighted by Gasteiger charge is 2.27. The second-order valence-corrected chi connectivity index (χ2v) is 7.44. The quantitative estimate of drug-likeness (QED) is 0.428. The number of pyridine rings is 1. The van der Waals surface area contributed by atoms with E-state index in [2.05, 4.69) is 31.5 Å². The van der Waals surface area contributed by atoms with Crippen LogP contribution in [0.4, 0.5) is 24.7 Å². The number of anilines is 2. The standard InChI is InChI=1S/C22H19BrF3N3O/c23-15-7-4-8-16(11-15)29-19-12-17(20(24)21(25)26)18(13-28-19)22(30)27-10-9-14-5-2-1-3-6-14/h1-8,11-13,20-21H,9-10H2,(H,27,30)(H,28,29). The van der Waals surface area contributed by atoms with Crippen LogP contribution in [-0.2, 0) is 6.42 Å². The summed E-state index contributed by atoms with van der Waals surface area (Å²) in [6, 6.07) is 17.7. The van der Waals surface area contributed by atoms with E-state index in [1.165, 1.54) is 0 Å². The van der Waals surface area contributed by atoms with E-state index in [-0.39, 0.29) is 17.9 Å². The molecule has 0 radical (unpaired) electrons. The zero-order chi connectivity index (χ0) is 21.5. The highest BCUT2D eigenvalue weighted by Crippen LogP contribution is 2.30. The van der Waals surface area contributed by atoms with Crippen LogP contribution >= 0.6 is 15.9 Å². The van der Waals surface area contributed by atoms with Gasteiger partial charge in [-0.1, -0.05) is 52.3 Å². The number of nitrogens with one attached hydrogen (secondary N) is 2. The number of benzene rings is 2. The molecular weight excluding hydrogens is 459 g/mol. The monoisotopic (exact) mass is 477 g/mol. The first-order chi connectivity index (χ1) is 14.4. The maximum absolute atomic E-state index is 14.3. The number of carbonyl (C=O) groups excluding carboxylic acids is 1. The Hall–Kier alpha value is -2.87. The predicted molar refractivity (Wildman–Crippen MR) is 114 cm³/mol. The summed E-state index contributed by atoms with van der Waals surface area (Å²) < 4.78 is 41.2. The molecule has 30 heavy (non-hydrogen) atoms. The van der Waals surface area contributed by atoms with Gasteiger partial charge in [0.25, 0.3) is 12.3 Å². The first-order valence-corrected chi connectivity index (χ1v) is 10.00. The molecule has 0 fully saturated rings. The van der Waals surface area contributed by atoms with Crippen molar-refractivity contribution in [3.63, 3.8) is 0 Å². The lowest BCUT2D eigenvalue weighted by Crippen LogP contribution is -2.27. The second kappa shape index (κ2) is 10.2. The molecule has 1 unspecified atom stereocenters. The molecule has 3 aromatic rings. The number of carbonyl (C=O) groups is 1. The van der Waals surface area contributed by atoms with E-state index in [1.54, 1.807) is 18.2 Å². The molecule has 2 N–H and O–H groups in total. The minimum absolute atomic E-state index is 0.159. The van der Waals surface area contributed by atoms with Crippen LogP contribution in [0, 0.1) is 0 Å². The van der Waals surface area contributed by atoms with Crippen molar-refractivity contribution in [1.29, 1.82) is 0 Å². The molecule has 0 aliphatic heterocycles. The summed E-state index contributed by atoms with van der Waals surface area (Å²) in [6.45, 7) is 0.284. The van der Waals surface area contributed by atoms with Crippen molar-refractivity contribution in [2.24, 2.45) is 0 Å². The molecule has 8 heteroatoms. The maximum Gasteiger partial charge on any atom is 0.273 e. The van der Waals surface area contributed by atoms with E-state index in [9.17, 15) is 18.0 Å². The van der Waals surface area contributed by atoms with E-state index < -0.39 is 24.1 Å². The Morgan fingerprint density at radius 2 is 1.80 bits per heavy atom. The van der Waals surface area contributed by atoms with Crippen LogP contribution in [-0.4, -0.2) is 23.9 Å². The zero-order valence-electron chi connectivity index (χ0n) is 15.8. The van der Waals surface area contributed by atoms with E-state index in [0.717, 1.165) is 22.3 Å². The molecule has 1 atom stereocenters. The largest absolute Gasteiger partial charge is 0.352 e. The Morgan fingerprint density at radius 3 is 2.50 bits per heavy atom.